The minimum Gasteiger partial charge on any atom is -0.365 e. The van der Waals surface area contributed by atoms with Crippen LogP contribution in [0.3, 0.4) is 0 Å². The van der Waals surface area contributed by atoms with Crippen molar-refractivity contribution in [2.45, 2.75) is 13.5 Å². The fourth-order valence-corrected chi connectivity index (χ4v) is 3.89. The Morgan fingerprint density at radius 3 is 2.33 bits per heavy atom. The standard InChI is InChI=1S/C23H24N4O3/c1-17-7-5-6-10-20(17)27-22(29)19(21(28)24-23(27)30)16-26-13-11-25(12-14-26)15-18-8-3-2-4-9-18/h2-10,16H,11-15H2,1H3,(H,24,28,30)/p+1/b19-16-. The third kappa shape index (κ3) is 4.11. The van der Waals surface area contributed by atoms with Gasteiger partial charge in [-0.1, -0.05) is 48.5 Å². The lowest BCUT2D eigenvalue weighted by molar-refractivity contribution is -0.917. The van der Waals surface area contributed by atoms with Crippen LogP contribution in [-0.2, 0) is 16.1 Å². The number of hydrogen-bond donors (Lipinski definition) is 2. The SMILES string of the molecule is Cc1ccccc1N1C(=O)NC(=O)/C(=C/N2CC[NH+](Cc3ccccc3)CC2)C1=O. The Balaban J connectivity index is 1.46. The molecule has 2 heterocycles. The van der Waals surface area contributed by atoms with E-state index >= 15 is 0 Å². The highest BCUT2D eigenvalue weighted by atomic mass is 16.2. The molecule has 4 amide bonds. The fourth-order valence-electron chi connectivity index (χ4n) is 3.89. The summed E-state index contributed by atoms with van der Waals surface area (Å²) in [5, 5.41) is 2.29. The van der Waals surface area contributed by atoms with Gasteiger partial charge in [-0.3, -0.25) is 14.9 Å². The molecule has 30 heavy (non-hydrogen) atoms. The zero-order chi connectivity index (χ0) is 21.1. The van der Waals surface area contributed by atoms with Gasteiger partial charge in [0.05, 0.1) is 31.9 Å². The number of quaternary nitrogens is 1. The first-order valence-corrected chi connectivity index (χ1v) is 10.1. The number of amides is 4. The Kier molecular flexibility index (Phi) is 5.63. The van der Waals surface area contributed by atoms with E-state index < -0.39 is 17.8 Å². The number of imide groups is 2. The van der Waals surface area contributed by atoms with Crippen molar-refractivity contribution in [3.63, 3.8) is 0 Å². The molecule has 0 spiro atoms. The van der Waals surface area contributed by atoms with E-state index in [4.69, 9.17) is 0 Å². The first-order valence-electron chi connectivity index (χ1n) is 10.1. The highest BCUT2D eigenvalue weighted by molar-refractivity contribution is 6.37. The van der Waals surface area contributed by atoms with Gasteiger partial charge < -0.3 is 9.80 Å². The average Bonchev–Trinajstić information content (AvgIpc) is 2.74. The highest BCUT2D eigenvalue weighted by Crippen LogP contribution is 2.24. The van der Waals surface area contributed by atoms with Crippen molar-refractivity contribution in [1.29, 1.82) is 0 Å². The number of rotatable bonds is 4. The molecule has 2 saturated heterocycles. The lowest BCUT2D eigenvalue weighted by atomic mass is 10.1. The Labute approximate surface area is 175 Å². The summed E-state index contributed by atoms with van der Waals surface area (Å²) in [6, 6.07) is 16.8. The first-order chi connectivity index (χ1) is 14.5. The van der Waals surface area contributed by atoms with E-state index in [1.54, 1.807) is 18.3 Å². The second-order valence-electron chi connectivity index (χ2n) is 7.68. The quantitative estimate of drug-likeness (QED) is 0.585. The van der Waals surface area contributed by atoms with Crippen LogP contribution in [0.25, 0.3) is 0 Å². The van der Waals surface area contributed by atoms with E-state index in [0.717, 1.165) is 43.2 Å². The van der Waals surface area contributed by atoms with Gasteiger partial charge in [-0.25, -0.2) is 9.69 Å². The normalized spacial score (nSPS) is 19.4. The number of carbonyl (C=O) groups excluding carboxylic acids is 3. The molecule has 4 rings (SSSR count). The topological polar surface area (TPSA) is 74.2 Å². The summed E-state index contributed by atoms with van der Waals surface area (Å²) in [6.07, 6.45) is 1.61. The van der Waals surface area contributed by atoms with Gasteiger partial charge in [-0.05, 0) is 18.6 Å². The molecule has 0 atom stereocenters. The first kappa shape index (κ1) is 19.8. The van der Waals surface area contributed by atoms with E-state index in [9.17, 15) is 14.4 Å². The Morgan fingerprint density at radius 2 is 1.63 bits per heavy atom. The lowest BCUT2D eigenvalue weighted by Gasteiger charge is -2.33. The van der Waals surface area contributed by atoms with Crippen LogP contribution >= 0.6 is 0 Å². The zero-order valence-corrected chi connectivity index (χ0v) is 16.9. The van der Waals surface area contributed by atoms with Crippen molar-refractivity contribution < 1.29 is 19.3 Å². The molecule has 154 valence electrons. The van der Waals surface area contributed by atoms with Gasteiger partial charge in [-0.2, -0.15) is 0 Å². The molecule has 0 bridgehead atoms. The smallest absolute Gasteiger partial charge is 0.335 e. The molecule has 0 aromatic heterocycles. The van der Waals surface area contributed by atoms with Crippen LogP contribution in [0.2, 0.25) is 0 Å². The van der Waals surface area contributed by atoms with E-state index in [2.05, 4.69) is 17.4 Å². The van der Waals surface area contributed by atoms with Gasteiger partial charge in [0.15, 0.2) is 0 Å². The van der Waals surface area contributed by atoms with Gasteiger partial charge in [0, 0.05) is 11.8 Å². The number of benzene rings is 2. The van der Waals surface area contributed by atoms with Crippen molar-refractivity contribution in [3.8, 4) is 0 Å². The van der Waals surface area contributed by atoms with Crippen molar-refractivity contribution >= 4 is 23.5 Å². The molecule has 7 nitrogen and oxygen atoms in total. The summed E-state index contributed by atoms with van der Waals surface area (Å²) in [7, 11) is 0. The minimum absolute atomic E-state index is 0.00985. The largest absolute Gasteiger partial charge is 0.365 e. The minimum atomic E-state index is -0.714. The maximum absolute atomic E-state index is 13.0. The summed E-state index contributed by atoms with van der Waals surface area (Å²) >= 11 is 0. The maximum atomic E-state index is 13.0. The Bertz CT molecular complexity index is 995. The van der Waals surface area contributed by atoms with Crippen molar-refractivity contribution in [2.24, 2.45) is 0 Å². The molecule has 2 aromatic rings. The number of carbonyl (C=O) groups is 3. The predicted molar refractivity (Wildman–Crippen MR) is 113 cm³/mol. The summed E-state index contributed by atoms with van der Waals surface area (Å²) in [4.78, 5) is 42.2. The Morgan fingerprint density at radius 1 is 0.967 bits per heavy atom. The van der Waals surface area contributed by atoms with Crippen LogP contribution < -0.4 is 15.1 Å². The number of nitrogens with zero attached hydrogens (tertiary/aromatic N) is 2. The molecule has 2 aromatic carbocycles. The Hall–Kier alpha value is -3.45. The summed E-state index contributed by atoms with van der Waals surface area (Å²) < 4.78 is 0. The van der Waals surface area contributed by atoms with Gasteiger partial charge in [0.1, 0.15) is 12.1 Å². The van der Waals surface area contributed by atoms with Crippen LogP contribution in [0.15, 0.2) is 66.4 Å². The van der Waals surface area contributed by atoms with Crippen molar-refractivity contribution in [2.75, 3.05) is 31.1 Å². The molecule has 7 heteroatoms. The second-order valence-corrected chi connectivity index (χ2v) is 7.68. The predicted octanol–water partition coefficient (Wildman–Crippen LogP) is 0.862. The summed E-state index contributed by atoms with van der Waals surface area (Å²) in [6.45, 7) is 6.09. The molecule has 0 unspecified atom stereocenters. The van der Waals surface area contributed by atoms with Gasteiger partial charge in [0.2, 0.25) is 0 Å². The average molecular weight is 405 g/mol. The van der Waals surface area contributed by atoms with Crippen LogP contribution in [-0.4, -0.2) is 48.9 Å². The van der Waals surface area contributed by atoms with Crippen LogP contribution in [0.1, 0.15) is 11.1 Å². The van der Waals surface area contributed by atoms with E-state index in [1.807, 2.05) is 42.2 Å². The highest BCUT2D eigenvalue weighted by Gasteiger charge is 2.38. The number of hydrogen-bond acceptors (Lipinski definition) is 4. The third-order valence-corrected chi connectivity index (χ3v) is 5.57. The number of anilines is 1. The molecular formula is C23H25N4O3+. The van der Waals surface area contributed by atoms with E-state index in [-0.39, 0.29) is 5.57 Å². The lowest BCUT2D eigenvalue weighted by Crippen LogP contribution is -3.13. The number of nitrogens with one attached hydrogen (secondary N) is 2. The van der Waals surface area contributed by atoms with Crippen molar-refractivity contribution in [1.82, 2.24) is 10.2 Å². The molecule has 0 aliphatic carbocycles. The van der Waals surface area contributed by atoms with E-state index in [0.29, 0.717) is 5.69 Å². The van der Waals surface area contributed by atoms with E-state index in [1.165, 1.54) is 10.5 Å². The third-order valence-electron chi connectivity index (χ3n) is 5.57. The number of barbiturate groups is 1. The van der Waals surface area contributed by atoms with Crippen LogP contribution in [0.5, 0.6) is 0 Å². The number of urea groups is 1. The number of aryl methyl sites for hydroxylation is 1. The van der Waals surface area contributed by atoms with Gasteiger partial charge >= 0.3 is 6.03 Å². The molecule has 2 N–H and O–H groups in total. The second kappa shape index (κ2) is 8.51. The summed E-state index contributed by atoms with van der Waals surface area (Å²) in [5.74, 6) is -1.23. The number of piperazine rings is 1. The summed E-state index contributed by atoms with van der Waals surface area (Å²) in [5.41, 5.74) is 2.56. The molecule has 2 aliphatic rings. The molecule has 2 fully saturated rings. The monoisotopic (exact) mass is 405 g/mol. The van der Waals surface area contributed by atoms with Crippen LogP contribution in [0.4, 0.5) is 10.5 Å². The number of para-hydroxylation sites is 1. The maximum Gasteiger partial charge on any atom is 0.335 e. The van der Waals surface area contributed by atoms with Gasteiger partial charge in [-0.15, -0.1) is 0 Å². The van der Waals surface area contributed by atoms with Gasteiger partial charge in [0.25, 0.3) is 11.8 Å². The van der Waals surface area contributed by atoms with Crippen molar-refractivity contribution in [3.05, 3.63) is 77.5 Å². The van der Waals surface area contributed by atoms with Crippen LogP contribution in [0, 0.1) is 6.92 Å². The fraction of sp³-hybridized carbons (Fsp3) is 0.261. The molecular weight excluding hydrogens is 380 g/mol. The molecule has 0 saturated carbocycles. The zero-order valence-electron chi connectivity index (χ0n) is 16.9. The molecule has 2 aliphatic heterocycles. The molecule has 0 radical (unpaired) electrons.